The summed E-state index contributed by atoms with van der Waals surface area (Å²) in [5, 5.41) is 0. The Morgan fingerprint density at radius 3 is 2.62 bits per heavy atom. The van der Waals surface area contributed by atoms with Crippen LogP contribution in [0.1, 0.15) is 59.3 Å². The van der Waals surface area contributed by atoms with Crippen molar-refractivity contribution in [3.8, 4) is 0 Å². The van der Waals surface area contributed by atoms with Gasteiger partial charge in [0, 0.05) is 17.3 Å². The molecule has 0 heterocycles. The molecule has 0 aromatic heterocycles. The molecule has 2 fully saturated rings. The Morgan fingerprint density at radius 2 is 1.88 bits per heavy atom. The van der Waals surface area contributed by atoms with Crippen LogP contribution in [0.3, 0.4) is 0 Å². The third-order valence-corrected chi connectivity index (χ3v) is 6.39. The summed E-state index contributed by atoms with van der Waals surface area (Å²) in [4.78, 5) is 12.4. The van der Waals surface area contributed by atoms with E-state index >= 15 is 0 Å². The second-order valence-corrected chi connectivity index (χ2v) is 6.73. The second-order valence-electron chi connectivity index (χ2n) is 6.73. The highest BCUT2D eigenvalue weighted by atomic mass is 16.1. The molecule has 88 valence electrons. The maximum atomic E-state index is 12.4. The van der Waals surface area contributed by atoms with Crippen molar-refractivity contribution in [2.45, 2.75) is 59.3 Å². The van der Waals surface area contributed by atoms with E-state index in [2.05, 4.69) is 26.8 Å². The zero-order valence-electron chi connectivity index (χ0n) is 10.7. The Morgan fingerprint density at radius 1 is 1.12 bits per heavy atom. The lowest BCUT2D eigenvalue weighted by atomic mass is 9.43. The minimum atomic E-state index is -0.0689. The van der Waals surface area contributed by atoms with Crippen LogP contribution in [-0.2, 0) is 4.79 Å². The van der Waals surface area contributed by atoms with Gasteiger partial charge >= 0.3 is 0 Å². The Balaban J connectivity index is 2.20. The maximum absolute atomic E-state index is 12.4. The molecule has 0 amide bonds. The van der Waals surface area contributed by atoms with Gasteiger partial charge in [0.15, 0.2) is 0 Å². The summed E-state index contributed by atoms with van der Waals surface area (Å²) in [5.74, 6) is 0.528. The van der Waals surface area contributed by atoms with Gasteiger partial charge in [0.05, 0.1) is 0 Å². The van der Waals surface area contributed by atoms with E-state index in [1.807, 2.05) is 0 Å². The largest absolute Gasteiger partial charge is 0.299 e. The fourth-order valence-corrected chi connectivity index (χ4v) is 4.83. The number of carbonyl (C=O) groups excluding carboxylic acids is 1. The average molecular weight is 218 g/mol. The van der Waals surface area contributed by atoms with Crippen LogP contribution in [0.25, 0.3) is 0 Å². The number of carbonyl (C=O) groups is 1. The first-order chi connectivity index (χ1) is 7.44. The maximum Gasteiger partial charge on any atom is 0.139 e. The number of hydrogen-bond acceptors (Lipinski definition) is 1. The van der Waals surface area contributed by atoms with Crippen LogP contribution >= 0.6 is 0 Å². The molecule has 3 rings (SSSR count). The van der Waals surface area contributed by atoms with E-state index in [1.165, 1.54) is 19.3 Å². The van der Waals surface area contributed by atoms with Crippen LogP contribution < -0.4 is 0 Å². The highest BCUT2D eigenvalue weighted by Crippen LogP contribution is 2.70. The first-order valence-corrected chi connectivity index (χ1v) is 6.67. The van der Waals surface area contributed by atoms with Crippen molar-refractivity contribution in [3.05, 3.63) is 11.6 Å². The minimum absolute atomic E-state index is 0.0689. The first kappa shape index (κ1) is 10.6. The monoisotopic (exact) mass is 218 g/mol. The van der Waals surface area contributed by atoms with Gasteiger partial charge in [-0.25, -0.2) is 0 Å². The van der Waals surface area contributed by atoms with Crippen LogP contribution in [-0.4, -0.2) is 5.78 Å². The SMILES string of the molecule is C[C@@]12CC=C3CCC[C@@](C)(C(=O)CC1)[C@]32C. The highest BCUT2D eigenvalue weighted by molar-refractivity contribution is 5.87. The molecule has 0 radical (unpaired) electrons. The van der Waals surface area contributed by atoms with E-state index < -0.39 is 0 Å². The molecule has 0 N–H and O–H groups in total. The summed E-state index contributed by atoms with van der Waals surface area (Å²) in [5.41, 5.74) is 2.04. The molecule has 0 aromatic rings. The van der Waals surface area contributed by atoms with Crippen molar-refractivity contribution in [2.24, 2.45) is 16.2 Å². The molecule has 1 heteroatoms. The van der Waals surface area contributed by atoms with E-state index in [0.717, 1.165) is 19.3 Å². The van der Waals surface area contributed by atoms with Crippen LogP contribution in [0.15, 0.2) is 11.6 Å². The van der Waals surface area contributed by atoms with Crippen LogP contribution in [0.2, 0.25) is 0 Å². The summed E-state index contributed by atoms with van der Waals surface area (Å²) in [6.07, 6.45) is 9.10. The van der Waals surface area contributed by atoms with Crippen molar-refractivity contribution < 1.29 is 4.79 Å². The summed E-state index contributed by atoms with van der Waals surface area (Å²) in [6, 6.07) is 0. The van der Waals surface area contributed by atoms with Crippen molar-refractivity contribution >= 4 is 5.78 Å². The summed E-state index contributed by atoms with van der Waals surface area (Å²) < 4.78 is 0. The van der Waals surface area contributed by atoms with Crippen molar-refractivity contribution in [2.75, 3.05) is 0 Å². The van der Waals surface area contributed by atoms with Crippen LogP contribution in [0.5, 0.6) is 0 Å². The molecule has 16 heavy (non-hydrogen) atoms. The number of hydrogen-bond donors (Lipinski definition) is 0. The molecule has 0 bridgehead atoms. The van der Waals surface area contributed by atoms with Gasteiger partial charge in [-0.2, -0.15) is 0 Å². The predicted molar refractivity (Wildman–Crippen MR) is 65.1 cm³/mol. The van der Waals surface area contributed by atoms with E-state index in [1.54, 1.807) is 5.57 Å². The number of ketones is 1. The average Bonchev–Trinajstić information content (AvgIpc) is 2.51. The molecule has 1 nitrogen and oxygen atoms in total. The summed E-state index contributed by atoms with van der Waals surface area (Å²) in [6.45, 7) is 7.03. The molecule has 0 aromatic carbocycles. The molecule has 3 atom stereocenters. The zero-order valence-corrected chi connectivity index (χ0v) is 10.7. The molecule has 2 saturated carbocycles. The number of rotatable bonds is 0. The van der Waals surface area contributed by atoms with E-state index in [9.17, 15) is 4.79 Å². The standard InChI is InChI=1S/C15H22O/c1-13-9-6-11-5-4-8-14(2,15(11,13)3)12(16)7-10-13/h6H,4-5,7-10H2,1-3H3/t13-,14+,15-/m1/s1. The molecule has 3 aliphatic rings. The van der Waals surface area contributed by atoms with Gasteiger partial charge in [-0.15, -0.1) is 0 Å². The van der Waals surface area contributed by atoms with Gasteiger partial charge in [-0.3, -0.25) is 4.79 Å². The quantitative estimate of drug-likeness (QED) is 0.564. The third kappa shape index (κ3) is 0.881. The summed E-state index contributed by atoms with van der Waals surface area (Å²) in [7, 11) is 0. The van der Waals surface area contributed by atoms with Crippen molar-refractivity contribution in [1.82, 2.24) is 0 Å². The van der Waals surface area contributed by atoms with Crippen LogP contribution in [0.4, 0.5) is 0 Å². The van der Waals surface area contributed by atoms with Gasteiger partial charge in [0.25, 0.3) is 0 Å². The van der Waals surface area contributed by atoms with Gasteiger partial charge < -0.3 is 0 Å². The third-order valence-electron chi connectivity index (χ3n) is 6.39. The van der Waals surface area contributed by atoms with Crippen molar-refractivity contribution in [1.29, 1.82) is 0 Å². The lowest BCUT2D eigenvalue weighted by molar-refractivity contribution is -0.152. The van der Waals surface area contributed by atoms with Gasteiger partial charge in [0.2, 0.25) is 0 Å². The Hall–Kier alpha value is -0.590. The minimum Gasteiger partial charge on any atom is -0.299 e. The normalized spacial score (nSPS) is 51.2. The lowest BCUT2D eigenvalue weighted by Gasteiger charge is -2.60. The fraction of sp³-hybridized carbons (Fsp3) is 0.800. The fourth-order valence-electron chi connectivity index (χ4n) is 4.83. The topological polar surface area (TPSA) is 17.1 Å². The van der Waals surface area contributed by atoms with Gasteiger partial charge in [-0.05, 0) is 37.5 Å². The van der Waals surface area contributed by atoms with E-state index in [4.69, 9.17) is 0 Å². The Kier molecular flexibility index (Phi) is 1.85. The summed E-state index contributed by atoms with van der Waals surface area (Å²) >= 11 is 0. The van der Waals surface area contributed by atoms with Crippen molar-refractivity contribution in [3.63, 3.8) is 0 Å². The Bertz CT molecular complexity index is 394. The molecule has 0 unspecified atom stereocenters. The van der Waals surface area contributed by atoms with E-state index in [0.29, 0.717) is 11.2 Å². The molecular formula is C15H22O. The second kappa shape index (κ2) is 2.80. The number of allylic oxidation sites excluding steroid dienone is 2. The first-order valence-electron chi connectivity index (χ1n) is 6.67. The molecule has 3 aliphatic carbocycles. The molecular weight excluding hydrogens is 196 g/mol. The van der Waals surface area contributed by atoms with Gasteiger partial charge in [0.1, 0.15) is 5.78 Å². The predicted octanol–water partition coefficient (Wildman–Crippen LogP) is 3.88. The molecule has 0 saturated heterocycles. The Labute approximate surface area is 98.3 Å². The zero-order chi connectivity index (χ0) is 11.6. The molecule has 0 aliphatic heterocycles. The number of Topliss-reactive ketones (excluding diaryl/α,β-unsaturated/α-hetero) is 1. The smallest absolute Gasteiger partial charge is 0.139 e. The highest BCUT2D eigenvalue weighted by Gasteiger charge is 2.65. The van der Waals surface area contributed by atoms with Gasteiger partial charge in [-0.1, -0.05) is 32.4 Å². The van der Waals surface area contributed by atoms with E-state index in [-0.39, 0.29) is 10.8 Å². The molecule has 0 spiro atoms. The van der Waals surface area contributed by atoms with Crippen LogP contribution in [0, 0.1) is 16.2 Å². The lowest BCUT2D eigenvalue weighted by Crippen LogP contribution is -2.57.